The van der Waals surface area contributed by atoms with E-state index in [-0.39, 0.29) is 12.5 Å². The van der Waals surface area contributed by atoms with Gasteiger partial charge in [-0.05, 0) is 18.1 Å². The van der Waals surface area contributed by atoms with Crippen LogP contribution in [0.25, 0.3) is 0 Å². The van der Waals surface area contributed by atoms with E-state index in [1.807, 2.05) is 26.0 Å². The lowest BCUT2D eigenvalue weighted by molar-refractivity contribution is -0.123. The predicted molar refractivity (Wildman–Crippen MR) is 64.2 cm³/mol. The molecule has 1 aromatic carbocycles. The summed E-state index contributed by atoms with van der Waals surface area (Å²) in [7, 11) is 0. The Morgan fingerprint density at radius 1 is 1.44 bits per heavy atom. The van der Waals surface area contributed by atoms with Crippen molar-refractivity contribution in [2.75, 3.05) is 18.9 Å². The average Bonchev–Trinajstić information content (AvgIpc) is 2.25. The number of nitrogens with one attached hydrogen (secondary N) is 1. The van der Waals surface area contributed by atoms with E-state index in [1.165, 1.54) is 0 Å². The monoisotopic (exact) mass is 222 g/mol. The average molecular weight is 222 g/mol. The molecule has 0 radical (unpaired) electrons. The van der Waals surface area contributed by atoms with E-state index < -0.39 is 0 Å². The fourth-order valence-electron chi connectivity index (χ4n) is 1.12. The maximum atomic E-state index is 11.4. The molecule has 1 amide bonds. The van der Waals surface area contributed by atoms with Crippen LogP contribution in [0.2, 0.25) is 0 Å². The van der Waals surface area contributed by atoms with Crippen LogP contribution >= 0.6 is 0 Å². The fraction of sp³-hybridized carbons (Fsp3) is 0.417. The number of benzene rings is 1. The summed E-state index contributed by atoms with van der Waals surface area (Å²) in [5.74, 6) is 0.852. The molecule has 0 unspecified atom stereocenters. The van der Waals surface area contributed by atoms with E-state index in [2.05, 4.69) is 5.32 Å². The van der Waals surface area contributed by atoms with Crippen molar-refractivity contribution < 1.29 is 9.53 Å². The first-order chi connectivity index (χ1) is 7.59. The predicted octanol–water partition coefficient (Wildman–Crippen LogP) is 1.42. The van der Waals surface area contributed by atoms with Gasteiger partial charge >= 0.3 is 0 Å². The molecule has 0 saturated carbocycles. The van der Waals surface area contributed by atoms with Gasteiger partial charge in [0.05, 0.1) is 5.69 Å². The Bertz CT molecular complexity index is 351. The van der Waals surface area contributed by atoms with Gasteiger partial charge in [0.25, 0.3) is 5.91 Å². The zero-order valence-electron chi connectivity index (χ0n) is 9.69. The first-order valence-electron chi connectivity index (χ1n) is 5.33. The number of nitrogen functional groups attached to an aromatic ring is 1. The second-order valence-corrected chi connectivity index (χ2v) is 4.02. The van der Waals surface area contributed by atoms with Gasteiger partial charge in [-0.15, -0.1) is 0 Å². The number of hydrogen-bond acceptors (Lipinski definition) is 3. The molecule has 0 aliphatic heterocycles. The van der Waals surface area contributed by atoms with Crippen molar-refractivity contribution in [3.8, 4) is 5.75 Å². The van der Waals surface area contributed by atoms with Gasteiger partial charge < -0.3 is 15.8 Å². The number of anilines is 1. The Balaban J connectivity index is 2.35. The first-order valence-corrected chi connectivity index (χ1v) is 5.33. The molecule has 1 aromatic rings. The summed E-state index contributed by atoms with van der Waals surface area (Å²) < 4.78 is 5.29. The minimum absolute atomic E-state index is 0.000926. The maximum absolute atomic E-state index is 11.4. The van der Waals surface area contributed by atoms with Crippen LogP contribution in [-0.4, -0.2) is 19.1 Å². The second kappa shape index (κ2) is 6.00. The molecule has 4 nitrogen and oxygen atoms in total. The highest BCUT2D eigenvalue weighted by atomic mass is 16.5. The molecule has 16 heavy (non-hydrogen) atoms. The minimum atomic E-state index is -0.128. The van der Waals surface area contributed by atoms with Crippen molar-refractivity contribution in [3.63, 3.8) is 0 Å². The maximum Gasteiger partial charge on any atom is 0.257 e. The summed E-state index contributed by atoms with van der Waals surface area (Å²) in [5, 5.41) is 2.77. The molecule has 0 aromatic heterocycles. The molecule has 3 N–H and O–H groups in total. The molecule has 0 spiro atoms. The third-order valence-corrected chi connectivity index (χ3v) is 1.99. The number of carbonyl (C=O) groups is 1. The second-order valence-electron chi connectivity index (χ2n) is 4.02. The van der Waals surface area contributed by atoms with E-state index in [4.69, 9.17) is 10.5 Å². The van der Waals surface area contributed by atoms with Gasteiger partial charge in [-0.1, -0.05) is 26.0 Å². The van der Waals surface area contributed by atoms with Crippen molar-refractivity contribution in [1.29, 1.82) is 0 Å². The molecule has 88 valence electrons. The van der Waals surface area contributed by atoms with Gasteiger partial charge in [-0.3, -0.25) is 4.79 Å². The van der Waals surface area contributed by atoms with Crippen LogP contribution in [0.3, 0.4) is 0 Å². The Kier molecular flexibility index (Phi) is 4.64. The Morgan fingerprint density at radius 2 is 2.12 bits per heavy atom. The zero-order chi connectivity index (χ0) is 12.0. The number of ether oxygens (including phenoxy) is 1. The highest BCUT2D eigenvalue weighted by molar-refractivity contribution is 5.77. The van der Waals surface area contributed by atoms with Gasteiger partial charge in [-0.25, -0.2) is 0 Å². The normalized spacial score (nSPS) is 10.2. The minimum Gasteiger partial charge on any atom is -0.482 e. The third-order valence-electron chi connectivity index (χ3n) is 1.99. The number of amides is 1. The standard InChI is InChI=1S/C12H18N2O2/c1-9(2)7-14-12(15)8-16-11-6-4-3-5-10(11)13/h3-6,9H,7-8,13H2,1-2H3,(H,14,15). The van der Waals surface area contributed by atoms with Gasteiger partial charge in [0, 0.05) is 6.54 Å². The molecule has 0 atom stereocenters. The first kappa shape index (κ1) is 12.4. The summed E-state index contributed by atoms with van der Waals surface area (Å²) in [6.45, 7) is 4.74. The van der Waals surface area contributed by atoms with Crippen LogP contribution in [0.5, 0.6) is 5.75 Å². The van der Waals surface area contributed by atoms with E-state index in [0.29, 0.717) is 23.9 Å². The van der Waals surface area contributed by atoms with E-state index in [9.17, 15) is 4.79 Å². The fourth-order valence-corrected chi connectivity index (χ4v) is 1.12. The van der Waals surface area contributed by atoms with Crippen molar-refractivity contribution >= 4 is 11.6 Å². The molecule has 0 aliphatic carbocycles. The van der Waals surface area contributed by atoms with E-state index in [1.54, 1.807) is 12.1 Å². The Hall–Kier alpha value is -1.71. The topological polar surface area (TPSA) is 64.3 Å². The lowest BCUT2D eigenvalue weighted by atomic mass is 10.2. The molecular weight excluding hydrogens is 204 g/mol. The Labute approximate surface area is 95.8 Å². The van der Waals surface area contributed by atoms with Crippen LogP contribution in [0.15, 0.2) is 24.3 Å². The zero-order valence-corrected chi connectivity index (χ0v) is 9.69. The molecule has 0 fully saturated rings. The summed E-state index contributed by atoms with van der Waals surface area (Å²) in [4.78, 5) is 11.4. The van der Waals surface area contributed by atoms with E-state index >= 15 is 0 Å². The molecule has 0 bridgehead atoms. The number of nitrogens with two attached hydrogens (primary N) is 1. The van der Waals surface area contributed by atoms with Gasteiger partial charge in [0.2, 0.25) is 0 Å². The summed E-state index contributed by atoms with van der Waals surface area (Å²) >= 11 is 0. The highest BCUT2D eigenvalue weighted by Crippen LogP contribution is 2.19. The molecule has 0 heterocycles. The number of rotatable bonds is 5. The van der Waals surface area contributed by atoms with Crippen LogP contribution < -0.4 is 15.8 Å². The van der Waals surface area contributed by atoms with Crippen LogP contribution in [0.1, 0.15) is 13.8 Å². The van der Waals surface area contributed by atoms with Crippen molar-refractivity contribution in [2.24, 2.45) is 5.92 Å². The molecular formula is C12H18N2O2. The van der Waals surface area contributed by atoms with Crippen molar-refractivity contribution in [2.45, 2.75) is 13.8 Å². The summed E-state index contributed by atoms with van der Waals surface area (Å²) in [5.41, 5.74) is 6.21. The summed E-state index contributed by atoms with van der Waals surface area (Å²) in [6.07, 6.45) is 0. The molecule has 4 heteroatoms. The lowest BCUT2D eigenvalue weighted by Gasteiger charge is -2.10. The number of para-hydroxylation sites is 2. The molecule has 0 aliphatic rings. The quantitative estimate of drug-likeness (QED) is 0.740. The van der Waals surface area contributed by atoms with Crippen LogP contribution in [-0.2, 0) is 4.79 Å². The molecule has 0 saturated heterocycles. The molecule has 1 rings (SSSR count). The largest absolute Gasteiger partial charge is 0.482 e. The van der Waals surface area contributed by atoms with Crippen molar-refractivity contribution in [3.05, 3.63) is 24.3 Å². The summed E-state index contributed by atoms with van der Waals surface area (Å²) in [6, 6.07) is 7.12. The number of hydrogen-bond donors (Lipinski definition) is 2. The van der Waals surface area contributed by atoms with Crippen LogP contribution in [0.4, 0.5) is 5.69 Å². The smallest absolute Gasteiger partial charge is 0.257 e. The highest BCUT2D eigenvalue weighted by Gasteiger charge is 2.04. The number of carbonyl (C=O) groups excluding carboxylic acids is 1. The third kappa shape index (κ3) is 4.21. The van der Waals surface area contributed by atoms with Crippen LogP contribution in [0, 0.1) is 5.92 Å². The van der Waals surface area contributed by atoms with Crippen molar-refractivity contribution in [1.82, 2.24) is 5.32 Å². The van der Waals surface area contributed by atoms with E-state index in [0.717, 1.165) is 0 Å². The Morgan fingerprint density at radius 3 is 2.75 bits per heavy atom. The van der Waals surface area contributed by atoms with Gasteiger partial charge in [-0.2, -0.15) is 0 Å². The van der Waals surface area contributed by atoms with Gasteiger partial charge in [0.15, 0.2) is 6.61 Å². The van der Waals surface area contributed by atoms with Gasteiger partial charge in [0.1, 0.15) is 5.75 Å². The SMILES string of the molecule is CC(C)CNC(=O)COc1ccccc1N. The lowest BCUT2D eigenvalue weighted by Crippen LogP contribution is -2.31.